The van der Waals surface area contributed by atoms with Crippen molar-refractivity contribution in [3.8, 4) is 11.5 Å². The largest absolute Gasteiger partial charge is 0.507 e. The van der Waals surface area contributed by atoms with Crippen molar-refractivity contribution in [1.29, 1.82) is 0 Å². The van der Waals surface area contributed by atoms with Crippen LogP contribution < -0.4 is 5.32 Å². The quantitative estimate of drug-likeness (QED) is 0.303. The zero-order chi connectivity index (χ0) is 19.4. The number of hydrogen-bond donors (Lipinski definition) is 3. The molecule has 0 radical (unpaired) electrons. The van der Waals surface area contributed by atoms with Crippen LogP contribution in [0.15, 0.2) is 45.0 Å². The number of esters is 1. The van der Waals surface area contributed by atoms with Crippen LogP contribution in [-0.4, -0.2) is 22.8 Å². The van der Waals surface area contributed by atoms with Gasteiger partial charge in [-0.2, -0.15) is 0 Å². The first-order valence-corrected chi connectivity index (χ1v) is 9.46. The summed E-state index contributed by atoms with van der Waals surface area (Å²) >= 11 is 6.41. The van der Waals surface area contributed by atoms with E-state index in [1.807, 2.05) is 31.2 Å². The van der Waals surface area contributed by atoms with Crippen molar-refractivity contribution in [3.63, 3.8) is 0 Å². The highest BCUT2D eigenvalue weighted by molar-refractivity contribution is 9.11. The molecule has 0 saturated carbocycles. The van der Waals surface area contributed by atoms with Gasteiger partial charge in [0.2, 0.25) is 0 Å². The van der Waals surface area contributed by atoms with Crippen LogP contribution in [0.4, 0.5) is 5.69 Å². The predicted molar refractivity (Wildman–Crippen MR) is 109 cm³/mol. The number of hydrogen-bond acceptors (Lipinski definition) is 5. The number of benzene rings is 2. The molecule has 0 fully saturated rings. The summed E-state index contributed by atoms with van der Waals surface area (Å²) in [6, 6.07) is 8.98. The SMILES string of the molecule is CCOC(=O)/C(=C(/C)Nc1ccc(C)cc1)c1c(O)cc(Br)c(O)c1Br. The number of aromatic hydroxyl groups is 2. The molecule has 0 spiro atoms. The number of phenols is 2. The van der Waals surface area contributed by atoms with E-state index in [2.05, 4.69) is 37.2 Å². The molecule has 138 valence electrons. The number of anilines is 1. The molecule has 5 nitrogen and oxygen atoms in total. The van der Waals surface area contributed by atoms with Gasteiger partial charge >= 0.3 is 5.97 Å². The molecule has 0 saturated heterocycles. The van der Waals surface area contributed by atoms with E-state index in [1.165, 1.54) is 6.07 Å². The highest BCUT2D eigenvalue weighted by Gasteiger charge is 2.26. The zero-order valence-electron chi connectivity index (χ0n) is 14.6. The Hall–Kier alpha value is -1.99. The predicted octanol–water partition coefficient (Wildman–Crippen LogP) is 5.34. The fourth-order valence-corrected chi connectivity index (χ4v) is 3.69. The van der Waals surface area contributed by atoms with E-state index in [9.17, 15) is 15.0 Å². The molecule has 0 amide bonds. The van der Waals surface area contributed by atoms with E-state index >= 15 is 0 Å². The highest BCUT2D eigenvalue weighted by atomic mass is 79.9. The van der Waals surface area contributed by atoms with Gasteiger partial charge in [-0.05, 0) is 70.8 Å². The second kappa shape index (κ2) is 8.60. The normalized spacial score (nSPS) is 11.7. The van der Waals surface area contributed by atoms with E-state index < -0.39 is 5.97 Å². The number of allylic oxidation sites excluding steroid dienone is 1. The summed E-state index contributed by atoms with van der Waals surface area (Å²) in [5, 5.41) is 23.7. The molecule has 26 heavy (non-hydrogen) atoms. The second-order valence-corrected chi connectivity index (χ2v) is 7.27. The maximum Gasteiger partial charge on any atom is 0.340 e. The molecular weight excluding hydrogens is 466 g/mol. The van der Waals surface area contributed by atoms with Crippen molar-refractivity contribution in [2.24, 2.45) is 0 Å². The van der Waals surface area contributed by atoms with Crippen LogP contribution in [0.2, 0.25) is 0 Å². The van der Waals surface area contributed by atoms with Crippen LogP contribution in [-0.2, 0) is 9.53 Å². The molecule has 2 aromatic rings. The van der Waals surface area contributed by atoms with Crippen molar-refractivity contribution in [3.05, 3.63) is 56.1 Å². The summed E-state index contributed by atoms with van der Waals surface area (Å²) in [5.41, 5.74) is 2.65. The zero-order valence-corrected chi connectivity index (χ0v) is 17.7. The number of aryl methyl sites for hydroxylation is 1. The lowest BCUT2D eigenvalue weighted by Crippen LogP contribution is -2.13. The summed E-state index contributed by atoms with van der Waals surface area (Å²) < 4.78 is 5.65. The number of halogens is 2. The van der Waals surface area contributed by atoms with Gasteiger partial charge in [-0.3, -0.25) is 0 Å². The first kappa shape index (κ1) is 20.3. The van der Waals surface area contributed by atoms with Gasteiger partial charge in [-0.15, -0.1) is 0 Å². The van der Waals surface area contributed by atoms with E-state index in [0.29, 0.717) is 10.2 Å². The summed E-state index contributed by atoms with van der Waals surface area (Å²) in [6.45, 7) is 5.57. The van der Waals surface area contributed by atoms with Gasteiger partial charge in [-0.1, -0.05) is 17.7 Å². The highest BCUT2D eigenvalue weighted by Crippen LogP contribution is 2.44. The summed E-state index contributed by atoms with van der Waals surface area (Å²) in [7, 11) is 0. The van der Waals surface area contributed by atoms with Gasteiger partial charge < -0.3 is 20.3 Å². The van der Waals surface area contributed by atoms with Gasteiger partial charge in [-0.25, -0.2) is 4.79 Å². The fraction of sp³-hybridized carbons (Fsp3) is 0.211. The third-order valence-corrected chi connectivity index (χ3v) is 5.04. The topological polar surface area (TPSA) is 78.8 Å². The standard InChI is InChI=1S/C19H19Br2NO4/c1-4-26-19(25)15(11(3)22-12-7-5-10(2)6-8-12)16-14(23)9-13(20)18(24)17(16)21/h5-9,22-24H,4H2,1-3H3/b15-11-. The van der Waals surface area contributed by atoms with Crippen LogP contribution in [0.5, 0.6) is 11.5 Å². The molecular formula is C19H19Br2NO4. The molecule has 2 aromatic carbocycles. The molecule has 0 bridgehead atoms. The van der Waals surface area contributed by atoms with Crippen LogP contribution in [0, 0.1) is 6.92 Å². The van der Waals surface area contributed by atoms with E-state index in [4.69, 9.17) is 4.74 Å². The lowest BCUT2D eigenvalue weighted by atomic mass is 10.0. The minimum atomic E-state index is -0.609. The lowest BCUT2D eigenvalue weighted by molar-refractivity contribution is -0.136. The number of phenolic OH excluding ortho intramolecular Hbond substituents is 2. The first-order chi connectivity index (χ1) is 12.3. The molecule has 3 N–H and O–H groups in total. The van der Waals surface area contributed by atoms with Gasteiger partial charge in [0, 0.05) is 11.4 Å². The molecule has 0 aliphatic heterocycles. The third kappa shape index (κ3) is 4.40. The van der Waals surface area contributed by atoms with Crippen molar-refractivity contribution in [2.75, 3.05) is 11.9 Å². The van der Waals surface area contributed by atoms with Crippen LogP contribution >= 0.6 is 31.9 Å². The van der Waals surface area contributed by atoms with Gasteiger partial charge in [0.1, 0.15) is 11.5 Å². The Morgan fingerprint density at radius 2 is 1.81 bits per heavy atom. The number of ether oxygens (including phenoxy) is 1. The molecule has 0 unspecified atom stereocenters. The fourth-order valence-electron chi connectivity index (χ4n) is 2.40. The minimum absolute atomic E-state index is 0.122. The molecule has 0 heterocycles. The Morgan fingerprint density at radius 1 is 1.19 bits per heavy atom. The molecule has 7 heteroatoms. The Bertz CT molecular complexity index is 861. The first-order valence-electron chi connectivity index (χ1n) is 7.88. The number of carbonyl (C=O) groups excluding carboxylic acids is 1. The van der Waals surface area contributed by atoms with Crippen molar-refractivity contribution in [1.82, 2.24) is 0 Å². The Balaban J connectivity index is 2.62. The lowest BCUT2D eigenvalue weighted by Gasteiger charge is -2.17. The van der Waals surface area contributed by atoms with Crippen LogP contribution in [0.25, 0.3) is 5.57 Å². The Morgan fingerprint density at radius 3 is 2.38 bits per heavy atom. The van der Waals surface area contributed by atoms with Gasteiger partial charge in [0.15, 0.2) is 0 Å². The summed E-state index contributed by atoms with van der Waals surface area (Å²) in [5.74, 6) is -0.903. The molecule has 0 aromatic heterocycles. The Kier molecular flexibility index (Phi) is 6.72. The average Bonchev–Trinajstić information content (AvgIpc) is 2.58. The number of rotatable bonds is 5. The molecule has 2 rings (SSSR count). The Labute approximate surface area is 169 Å². The monoisotopic (exact) mass is 483 g/mol. The minimum Gasteiger partial charge on any atom is -0.507 e. The average molecular weight is 485 g/mol. The number of carbonyl (C=O) groups is 1. The maximum absolute atomic E-state index is 12.6. The summed E-state index contributed by atoms with van der Waals surface area (Å²) in [4.78, 5) is 12.6. The smallest absolute Gasteiger partial charge is 0.340 e. The molecule has 0 aliphatic carbocycles. The van der Waals surface area contributed by atoms with Gasteiger partial charge in [0.25, 0.3) is 0 Å². The van der Waals surface area contributed by atoms with E-state index in [-0.39, 0.29) is 33.7 Å². The van der Waals surface area contributed by atoms with E-state index in [0.717, 1.165) is 11.3 Å². The molecule has 0 aliphatic rings. The van der Waals surface area contributed by atoms with Crippen LogP contribution in [0.3, 0.4) is 0 Å². The van der Waals surface area contributed by atoms with Crippen LogP contribution in [0.1, 0.15) is 25.0 Å². The van der Waals surface area contributed by atoms with Gasteiger partial charge in [0.05, 0.1) is 26.7 Å². The number of nitrogens with one attached hydrogen (secondary N) is 1. The molecule has 0 atom stereocenters. The van der Waals surface area contributed by atoms with Crippen molar-refractivity contribution < 1.29 is 19.7 Å². The summed E-state index contributed by atoms with van der Waals surface area (Å²) in [6.07, 6.45) is 0. The van der Waals surface area contributed by atoms with Crippen molar-refractivity contribution >= 4 is 49.1 Å². The van der Waals surface area contributed by atoms with Crippen molar-refractivity contribution in [2.45, 2.75) is 20.8 Å². The third-order valence-electron chi connectivity index (χ3n) is 3.66. The van der Waals surface area contributed by atoms with E-state index in [1.54, 1.807) is 13.8 Å². The maximum atomic E-state index is 12.6. The second-order valence-electron chi connectivity index (χ2n) is 5.63.